The predicted molar refractivity (Wildman–Crippen MR) is 91.7 cm³/mol. The summed E-state index contributed by atoms with van der Waals surface area (Å²) in [5.74, 6) is 0. The van der Waals surface area contributed by atoms with Crippen molar-refractivity contribution in [2.24, 2.45) is 0 Å². The lowest BCUT2D eigenvalue weighted by Gasteiger charge is -2.32. The molecule has 0 N–H and O–H groups in total. The largest absolute Gasteiger partial charge is 0.0654 e. The van der Waals surface area contributed by atoms with Crippen LogP contribution in [-0.4, -0.2) is 0 Å². The van der Waals surface area contributed by atoms with E-state index in [1.165, 1.54) is 49.7 Å². The van der Waals surface area contributed by atoms with Crippen LogP contribution in [0.5, 0.6) is 0 Å². The Hall–Kier alpha value is -1.56. The number of hydrogen-bond acceptors (Lipinski definition) is 0. The van der Waals surface area contributed by atoms with E-state index in [9.17, 15) is 0 Å². The van der Waals surface area contributed by atoms with Crippen LogP contribution in [0.1, 0.15) is 63.5 Å². The van der Waals surface area contributed by atoms with Gasteiger partial charge in [-0.05, 0) is 35.1 Å². The maximum atomic E-state index is 2.37. The summed E-state index contributed by atoms with van der Waals surface area (Å²) in [7, 11) is 0. The average Bonchev–Trinajstić information content (AvgIpc) is 2.80. The molecule has 0 bridgehead atoms. The van der Waals surface area contributed by atoms with Crippen LogP contribution < -0.4 is 0 Å². The van der Waals surface area contributed by atoms with Crippen LogP contribution in [0.25, 0.3) is 11.1 Å². The second kappa shape index (κ2) is 6.05. The summed E-state index contributed by atoms with van der Waals surface area (Å²) >= 11 is 0. The molecule has 21 heavy (non-hydrogen) atoms. The van der Waals surface area contributed by atoms with Crippen molar-refractivity contribution >= 4 is 0 Å². The smallest absolute Gasteiger partial charge is 0.0215 e. The van der Waals surface area contributed by atoms with Crippen LogP contribution in [0.2, 0.25) is 0 Å². The van der Waals surface area contributed by atoms with E-state index in [1.807, 2.05) is 0 Å². The first-order valence-electron chi connectivity index (χ1n) is 8.53. The summed E-state index contributed by atoms with van der Waals surface area (Å²) in [6.07, 6.45) is 7.78. The minimum absolute atomic E-state index is 0.261. The standard InChI is InChI=1S/C21H26/c1-3-5-10-16-21(15-4-2)19-13-8-6-11-17(19)18-12-7-9-14-20(18)21/h6-9,11-14H,3-5,10,15-16H2,1-2H3. The lowest BCUT2D eigenvalue weighted by molar-refractivity contribution is 0.419. The van der Waals surface area contributed by atoms with E-state index in [1.54, 1.807) is 11.1 Å². The van der Waals surface area contributed by atoms with E-state index in [2.05, 4.69) is 62.4 Å². The minimum Gasteiger partial charge on any atom is -0.0654 e. The van der Waals surface area contributed by atoms with Crippen LogP contribution >= 0.6 is 0 Å². The summed E-state index contributed by atoms with van der Waals surface area (Å²) in [6, 6.07) is 18.2. The Morgan fingerprint density at radius 3 is 1.76 bits per heavy atom. The fraction of sp³-hybridized carbons (Fsp3) is 0.429. The minimum atomic E-state index is 0.261. The molecule has 0 heterocycles. The molecule has 110 valence electrons. The number of hydrogen-bond donors (Lipinski definition) is 0. The third kappa shape index (κ3) is 2.31. The first-order valence-corrected chi connectivity index (χ1v) is 8.53. The van der Waals surface area contributed by atoms with Gasteiger partial charge in [0, 0.05) is 5.41 Å². The Balaban J connectivity index is 2.13. The van der Waals surface area contributed by atoms with E-state index in [4.69, 9.17) is 0 Å². The van der Waals surface area contributed by atoms with E-state index in [0.29, 0.717) is 0 Å². The SMILES string of the molecule is CCCCCC1(CCC)c2ccccc2-c2ccccc21. The molecule has 1 aliphatic rings. The van der Waals surface area contributed by atoms with Gasteiger partial charge in [-0.1, -0.05) is 88.1 Å². The molecule has 0 amide bonds. The third-order valence-electron chi connectivity index (χ3n) is 5.06. The molecule has 0 spiro atoms. The molecule has 1 aliphatic carbocycles. The molecule has 0 aromatic heterocycles. The van der Waals surface area contributed by atoms with Crippen molar-refractivity contribution in [3.05, 3.63) is 59.7 Å². The van der Waals surface area contributed by atoms with Crippen LogP contribution in [-0.2, 0) is 5.41 Å². The van der Waals surface area contributed by atoms with Gasteiger partial charge in [0.1, 0.15) is 0 Å². The van der Waals surface area contributed by atoms with Crippen molar-refractivity contribution in [1.82, 2.24) is 0 Å². The van der Waals surface area contributed by atoms with Crippen molar-refractivity contribution in [3.63, 3.8) is 0 Å². The van der Waals surface area contributed by atoms with Crippen molar-refractivity contribution in [2.45, 2.75) is 57.8 Å². The number of fused-ring (bicyclic) bond motifs is 3. The van der Waals surface area contributed by atoms with E-state index in [0.717, 1.165) is 0 Å². The van der Waals surface area contributed by atoms with E-state index < -0.39 is 0 Å². The molecular weight excluding hydrogens is 252 g/mol. The highest BCUT2D eigenvalue weighted by molar-refractivity contribution is 5.80. The van der Waals surface area contributed by atoms with Crippen molar-refractivity contribution < 1.29 is 0 Å². The summed E-state index contributed by atoms with van der Waals surface area (Å²) in [6.45, 7) is 4.62. The molecule has 2 aromatic rings. The molecule has 0 heteroatoms. The summed E-state index contributed by atoms with van der Waals surface area (Å²) < 4.78 is 0. The highest BCUT2D eigenvalue weighted by Crippen LogP contribution is 2.53. The highest BCUT2D eigenvalue weighted by Gasteiger charge is 2.41. The lowest BCUT2D eigenvalue weighted by atomic mass is 9.71. The maximum absolute atomic E-state index is 2.37. The zero-order valence-corrected chi connectivity index (χ0v) is 13.4. The predicted octanol–water partition coefficient (Wildman–Crippen LogP) is 6.33. The van der Waals surface area contributed by atoms with Gasteiger partial charge in [0.15, 0.2) is 0 Å². The Bertz CT molecular complexity index is 563. The Morgan fingerprint density at radius 1 is 0.667 bits per heavy atom. The van der Waals surface area contributed by atoms with E-state index >= 15 is 0 Å². The van der Waals surface area contributed by atoms with Crippen LogP contribution in [0.3, 0.4) is 0 Å². The summed E-state index contributed by atoms with van der Waals surface area (Å²) in [4.78, 5) is 0. The summed E-state index contributed by atoms with van der Waals surface area (Å²) in [5.41, 5.74) is 6.35. The van der Waals surface area contributed by atoms with Gasteiger partial charge in [0.25, 0.3) is 0 Å². The van der Waals surface area contributed by atoms with Gasteiger partial charge in [0.2, 0.25) is 0 Å². The maximum Gasteiger partial charge on any atom is 0.0215 e. The highest BCUT2D eigenvalue weighted by atomic mass is 14.4. The van der Waals surface area contributed by atoms with Gasteiger partial charge < -0.3 is 0 Å². The second-order valence-electron chi connectivity index (χ2n) is 6.38. The van der Waals surface area contributed by atoms with Gasteiger partial charge in [-0.2, -0.15) is 0 Å². The molecule has 0 unspecified atom stereocenters. The normalized spacial score (nSPS) is 14.8. The molecule has 0 saturated carbocycles. The fourth-order valence-corrected chi connectivity index (χ4v) is 4.18. The number of benzene rings is 2. The van der Waals surface area contributed by atoms with Gasteiger partial charge in [-0.3, -0.25) is 0 Å². The lowest BCUT2D eigenvalue weighted by Crippen LogP contribution is -2.25. The molecular formula is C21H26. The molecule has 3 rings (SSSR count). The van der Waals surface area contributed by atoms with Crippen molar-refractivity contribution in [2.75, 3.05) is 0 Å². The molecule has 0 atom stereocenters. The zero-order chi connectivity index (χ0) is 14.7. The van der Waals surface area contributed by atoms with Gasteiger partial charge in [-0.25, -0.2) is 0 Å². The zero-order valence-electron chi connectivity index (χ0n) is 13.4. The first kappa shape index (κ1) is 14.4. The Kier molecular flexibility index (Phi) is 4.14. The van der Waals surface area contributed by atoms with Gasteiger partial charge in [-0.15, -0.1) is 0 Å². The summed E-state index contributed by atoms with van der Waals surface area (Å²) in [5, 5.41) is 0. The number of rotatable bonds is 6. The van der Waals surface area contributed by atoms with Crippen LogP contribution in [0.4, 0.5) is 0 Å². The van der Waals surface area contributed by atoms with Crippen LogP contribution in [0.15, 0.2) is 48.5 Å². The van der Waals surface area contributed by atoms with E-state index in [-0.39, 0.29) is 5.41 Å². The Morgan fingerprint density at radius 2 is 1.24 bits per heavy atom. The fourth-order valence-electron chi connectivity index (χ4n) is 4.18. The third-order valence-corrected chi connectivity index (χ3v) is 5.06. The topological polar surface area (TPSA) is 0 Å². The Labute approximate surface area is 129 Å². The first-order chi connectivity index (χ1) is 10.3. The quantitative estimate of drug-likeness (QED) is 0.541. The number of unbranched alkanes of at least 4 members (excludes halogenated alkanes) is 2. The van der Waals surface area contributed by atoms with Crippen LogP contribution in [0, 0.1) is 0 Å². The van der Waals surface area contributed by atoms with Gasteiger partial charge in [0.05, 0.1) is 0 Å². The molecule has 0 nitrogen and oxygen atoms in total. The molecule has 0 fully saturated rings. The molecule has 0 aliphatic heterocycles. The van der Waals surface area contributed by atoms with Gasteiger partial charge >= 0.3 is 0 Å². The molecule has 2 aromatic carbocycles. The van der Waals surface area contributed by atoms with Crippen molar-refractivity contribution in [3.8, 4) is 11.1 Å². The molecule has 0 saturated heterocycles. The second-order valence-corrected chi connectivity index (χ2v) is 6.38. The molecule has 0 radical (unpaired) electrons. The monoisotopic (exact) mass is 278 g/mol. The van der Waals surface area contributed by atoms with Crippen molar-refractivity contribution in [1.29, 1.82) is 0 Å². The average molecular weight is 278 g/mol.